The zero-order chi connectivity index (χ0) is 31.0. The van der Waals surface area contributed by atoms with Gasteiger partial charge in [0.2, 0.25) is 0 Å². The fourth-order valence-corrected chi connectivity index (χ4v) is 8.70. The van der Waals surface area contributed by atoms with Crippen LogP contribution in [0, 0.1) is 0 Å². The predicted octanol–water partition coefficient (Wildman–Crippen LogP) is 12.1. The van der Waals surface area contributed by atoms with Crippen molar-refractivity contribution in [3.05, 3.63) is 143 Å². The molecule has 5 aromatic carbocycles. The van der Waals surface area contributed by atoms with Crippen LogP contribution in [0.4, 0.5) is 34.1 Å². The SMILES string of the molecule is CC1(c2ccc3c(c2)C(C)(C)c2ccccc2N3c2cccc(N3c4ccccc4C(C)(C)c4ccccc43)c2)CCCCC1. The van der Waals surface area contributed by atoms with Crippen molar-refractivity contribution in [3.63, 3.8) is 0 Å². The van der Waals surface area contributed by atoms with Crippen molar-refractivity contribution < 1.29 is 0 Å². The first-order valence-electron chi connectivity index (χ1n) is 16.8. The molecular weight excluding hydrogens is 544 g/mol. The number of nitrogens with zero attached hydrogens (tertiary/aromatic N) is 2. The summed E-state index contributed by atoms with van der Waals surface area (Å²) in [5.74, 6) is 0. The quantitative estimate of drug-likeness (QED) is 0.207. The Balaban J connectivity index is 1.31. The van der Waals surface area contributed by atoms with Gasteiger partial charge in [0.1, 0.15) is 0 Å². The van der Waals surface area contributed by atoms with Crippen LogP contribution in [-0.2, 0) is 16.2 Å². The summed E-state index contributed by atoms with van der Waals surface area (Å²) in [6.07, 6.45) is 6.60. The molecule has 2 heteroatoms. The lowest BCUT2D eigenvalue weighted by atomic mass is 9.68. The second-order valence-corrected chi connectivity index (χ2v) is 14.8. The number of para-hydroxylation sites is 3. The van der Waals surface area contributed by atoms with E-state index in [2.05, 4.69) is 160 Å². The molecule has 0 radical (unpaired) electrons. The van der Waals surface area contributed by atoms with Crippen molar-refractivity contribution in [2.24, 2.45) is 0 Å². The molecular formula is C43H44N2. The second kappa shape index (κ2) is 10.1. The van der Waals surface area contributed by atoms with Crippen LogP contribution in [0.5, 0.6) is 0 Å². The van der Waals surface area contributed by atoms with Gasteiger partial charge in [0.25, 0.3) is 0 Å². The molecule has 0 aromatic heterocycles. The van der Waals surface area contributed by atoms with Gasteiger partial charge in [0.05, 0.1) is 22.7 Å². The number of benzene rings is 5. The summed E-state index contributed by atoms with van der Waals surface area (Å²) < 4.78 is 0. The van der Waals surface area contributed by atoms with Crippen molar-refractivity contribution in [1.82, 2.24) is 0 Å². The molecule has 2 nitrogen and oxygen atoms in total. The van der Waals surface area contributed by atoms with Crippen LogP contribution in [0.15, 0.2) is 115 Å². The van der Waals surface area contributed by atoms with Gasteiger partial charge in [-0.1, -0.05) is 127 Å². The first-order valence-corrected chi connectivity index (χ1v) is 16.8. The van der Waals surface area contributed by atoms with Crippen LogP contribution in [-0.4, -0.2) is 0 Å². The van der Waals surface area contributed by atoms with Crippen molar-refractivity contribution >= 4 is 34.1 Å². The van der Waals surface area contributed by atoms with Crippen LogP contribution in [0.25, 0.3) is 0 Å². The highest BCUT2D eigenvalue weighted by Gasteiger charge is 2.40. The molecule has 0 atom stereocenters. The van der Waals surface area contributed by atoms with Gasteiger partial charge in [-0.25, -0.2) is 0 Å². The van der Waals surface area contributed by atoms with E-state index in [0.717, 1.165) is 0 Å². The molecule has 0 spiro atoms. The topological polar surface area (TPSA) is 6.48 Å². The van der Waals surface area contributed by atoms with E-state index in [0.29, 0.717) is 0 Å². The maximum absolute atomic E-state index is 2.56. The molecule has 0 amide bonds. The van der Waals surface area contributed by atoms with Crippen molar-refractivity contribution in [2.75, 3.05) is 9.80 Å². The van der Waals surface area contributed by atoms with Gasteiger partial charge in [-0.05, 0) is 88.5 Å². The third-order valence-electron chi connectivity index (χ3n) is 11.4. The molecule has 1 aliphatic carbocycles. The van der Waals surface area contributed by atoms with Crippen LogP contribution >= 0.6 is 0 Å². The van der Waals surface area contributed by atoms with Crippen LogP contribution < -0.4 is 9.80 Å². The van der Waals surface area contributed by atoms with E-state index in [1.54, 1.807) is 0 Å². The van der Waals surface area contributed by atoms with Gasteiger partial charge < -0.3 is 9.80 Å². The van der Waals surface area contributed by atoms with Gasteiger partial charge in [-0.3, -0.25) is 0 Å². The Hall–Kier alpha value is -4.30. The molecule has 1 saturated carbocycles. The summed E-state index contributed by atoms with van der Waals surface area (Å²) >= 11 is 0. The molecule has 1 fully saturated rings. The monoisotopic (exact) mass is 588 g/mol. The van der Waals surface area contributed by atoms with Crippen molar-refractivity contribution in [3.8, 4) is 0 Å². The Bertz CT molecular complexity index is 1870. The molecule has 226 valence electrons. The molecule has 2 aliphatic heterocycles. The lowest BCUT2D eigenvalue weighted by molar-refractivity contribution is 0.319. The summed E-state index contributed by atoms with van der Waals surface area (Å²) in [6.45, 7) is 12.0. The molecule has 0 unspecified atom stereocenters. The normalized spacial score (nSPS) is 18.8. The number of rotatable bonds is 3. The molecule has 0 N–H and O–H groups in total. The highest BCUT2D eigenvalue weighted by Crippen LogP contribution is 2.55. The lowest BCUT2D eigenvalue weighted by Crippen LogP contribution is -2.32. The number of fused-ring (bicyclic) bond motifs is 4. The standard InChI is InChI=1S/C43H44N2/c1-41(2)33-18-7-10-21-37(33)44(38-22-11-8-19-34(38)41)31-16-15-17-32(29-31)45-39-23-12-9-20-35(39)42(3,4)36-28-30(24-25-40(36)45)43(5)26-13-6-14-27-43/h7-12,15-25,28-29H,6,13-14,26-27H2,1-5H3. The molecule has 3 aliphatic rings. The van der Waals surface area contributed by atoms with Gasteiger partial charge >= 0.3 is 0 Å². The fraction of sp³-hybridized carbons (Fsp3) is 0.302. The summed E-state index contributed by atoms with van der Waals surface area (Å²) in [5, 5.41) is 0. The highest BCUT2D eigenvalue weighted by atomic mass is 15.2. The van der Waals surface area contributed by atoms with Crippen molar-refractivity contribution in [2.45, 2.75) is 83.0 Å². The molecule has 0 saturated heterocycles. The van der Waals surface area contributed by atoms with E-state index < -0.39 is 0 Å². The molecule has 45 heavy (non-hydrogen) atoms. The third kappa shape index (κ3) is 4.22. The van der Waals surface area contributed by atoms with Gasteiger partial charge in [-0.2, -0.15) is 0 Å². The fourth-order valence-electron chi connectivity index (χ4n) is 8.70. The van der Waals surface area contributed by atoms with E-state index in [-0.39, 0.29) is 16.2 Å². The summed E-state index contributed by atoms with van der Waals surface area (Å²) in [6, 6.07) is 43.5. The molecule has 2 heterocycles. The summed E-state index contributed by atoms with van der Waals surface area (Å²) in [4.78, 5) is 4.98. The van der Waals surface area contributed by atoms with Crippen molar-refractivity contribution in [1.29, 1.82) is 0 Å². The Morgan fingerprint density at radius 3 is 1.38 bits per heavy atom. The van der Waals surface area contributed by atoms with Crippen LogP contribution in [0.3, 0.4) is 0 Å². The zero-order valence-corrected chi connectivity index (χ0v) is 27.4. The Kier molecular flexibility index (Phi) is 6.33. The Labute approximate surface area is 269 Å². The first kappa shape index (κ1) is 28.2. The number of anilines is 6. The van der Waals surface area contributed by atoms with E-state index in [4.69, 9.17) is 0 Å². The second-order valence-electron chi connectivity index (χ2n) is 14.8. The van der Waals surface area contributed by atoms with E-state index >= 15 is 0 Å². The zero-order valence-electron chi connectivity index (χ0n) is 27.4. The summed E-state index contributed by atoms with van der Waals surface area (Å²) in [7, 11) is 0. The van der Waals surface area contributed by atoms with Gasteiger partial charge in [0, 0.05) is 22.2 Å². The molecule has 0 bridgehead atoms. The van der Waals surface area contributed by atoms with E-state index in [1.165, 1.54) is 94.0 Å². The number of hydrogen-bond donors (Lipinski definition) is 0. The minimum atomic E-state index is -0.0998. The Morgan fingerprint density at radius 1 is 0.422 bits per heavy atom. The van der Waals surface area contributed by atoms with Gasteiger partial charge in [0.15, 0.2) is 0 Å². The molecule has 5 aromatic rings. The smallest absolute Gasteiger partial charge is 0.0502 e. The van der Waals surface area contributed by atoms with E-state index in [9.17, 15) is 0 Å². The summed E-state index contributed by atoms with van der Waals surface area (Å²) in [5.41, 5.74) is 14.5. The Morgan fingerprint density at radius 2 is 0.867 bits per heavy atom. The maximum Gasteiger partial charge on any atom is 0.0502 e. The average Bonchev–Trinajstić information content (AvgIpc) is 3.06. The average molecular weight is 589 g/mol. The predicted molar refractivity (Wildman–Crippen MR) is 191 cm³/mol. The minimum Gasteiger partial charge on any atom is -0.310 e. The number of hydrogen-bond acceptors (Lipinski definition) is 2. The third-order valence-corrected chi connectivity index (χ3v) is 11.4. The minimum absolute atomic E-state index is 0.0791. The van der Waals surface area contributed by atoms with Gasteiger partial charge in [-0.15, -0.1) is 0 Å². The lowest BCUT2D eigenvalue weighted by Gasteiger charge is -2.44. The largest absolute Gasteiger partial charge is 0.310 e. The van der Waals surface area contributed by atoms with E-state index in [1.807, 2.05) is 0 Å². The maximum atomic E-state index is 2.56. The van der Waals surface area contributed by atoms with Crippen LogP contribution in [0.2, 0.25) is 0 Å². The first-order chi connectivity index (χ1) is 21.7. The highest BCUT2D eigenvalue weighted by molar-refractivity contribution is 5.90. The molecule has 8 rings (SSSR count). The van der Waals surface area contributed by atoms with Crippen LogP contribution in [0.1, 0.15) is 94.5 Å².